The lowest BCUT2D eigenvalue weighted by molar-refractivity contribution is -0.162. The van der Waals surface area contributed by atoms with Crippen molar-refractivity contribution in [2.75, 3.05) is 6.61 Å². The predicted octanol–water partition coefficient (Wildman–Crippen LogP) is 1.42. The first-order valence-corrected chi connectivity index (χ1v) is 9.83. The summed E-state index contributed by atoms with van der Waals surface area (Å²) in [6.45, 7) is 13.0. The molecule has 6 heteroatoms. The normalized spacial score (nSPS) is 40.7. The van der Waals surface area contributed by atoms with Crippen LogP contribution >= 0.6 is 0 Å². The van der Waals surface area contributed by atoms with Crippen molar-refractivity contribution in [3.63, 3.8) is 0 Å². The first kappa shape index (κ1) is 15.5. The maximum atomic E-state index is 10.1. The number of fused-ring (bicyclic) bond motifs is 2. The van der Waals surface area contributed by atoms with Crippen molar-refractivity contribution < 1.29 is 19.0 Å². The Balaban J connectivity index is 2.25. The zero-order chi connectivity index (χ0) is 14.6. The van der Waals surface area contributed by atoms with Crippen LogP contribution in [0.5, 0.6) is 0 Å². The minimum absolute atomic E-state index is 0.0962. The van der Waals surface area contributed by atoms with Crippen LogP contribution in [0.2, 0.25) is 18.1 Å². The molecule has 0 aromatic carbocycles. The Hall–Kier alpha value is 0.122. The van der Waals surface area contributed by atoms with Crippen LogP contribution < -0.4 is 0 Å². The number of ether oxygens (including phenoxy) is 2. The number of hydrogen-bond donors (Lipinski definition) is 1. The van der Waals surface area contributed by atoms with Gasteiger partial charge < -0.3 is 19.0 Å². The summed E-state index contributed by atoms with van der Waals surface area (Å²) >= 11 is 0. The molecule has 1 N–H and O–H groups in total. The van der Waals surface area contributed by atoms with Gasteiger partial charge in [-0.15, -0.1) is 0 Å². The molecular weight excluding hydrogens is 259 g/mol. The topological polar surface area (TPSA) is 47.9 Å². The monoisotopic (exact) mass is 284 g/mol. The molecule has 2 radical (unpaired) electrons. The van der Waals surface area contributed by atoms with Gasteiger partial charge in [0.25, 0.3) is 0 Å². The number of hydrogen-bond acceptors (Lipinski definition) is 4. The molecule has 2 bridgehead atoms. The van der Waals surface area contributed by atoms with Gasteiger partial charge in [-0.05, 0) is 25.1 Å². The minimum atomic E-state index is -1.96. The van der Waals surface area contributed by atoms with Crippen molar-refractivity contribution in [2.24, 2.45) is 0 Å². The summed E-state index contributed by atoms with van der Waals surface area (Å²) in [7, 11) is 3.98. The molecule has 2 heterocycles. The zero-order valence-corrected chi connectivity index (χ0v) is 13.8. The van der Waals surface area contributed by atoms with E-state index < -0.39 is 26.0 Å². The van der Waals surface area contributed by atoms with E-state index in [2.05, 4.69) is 33.9 Å². The van der Waals surface area contributed by atoms with Crippen LogP contribution in [0.1, 0.15) is 27.7 Å². The predicted molar refractivity (Wildman–Crippen MR) is 76.8 cm³/mol. The molecule has 5 atom stereocenters. The second-order valence-electron chi connectivity index (χ2n) is 7.29. The average molecular weight is 284 g/mol. The molecule has 0 spiro atoms. The van der Waals surface area contributed by atoms with E-state index in [-0.39, 0.29) is 17.2 Å². The zero-order valence-electron chi connectivity index (χ0n) is 12.8. The summed E-state index contributed by atoms with van der Waals surface area (Å²) in [5.74, 6) is 0. The van der Waals surface area contributed by atoms with Gasteiger partial charge in [-0.2, -0.15) is 0 Å². The fourth-order valence-electron chi connectivity index (χ4n) is 2.48. The molecule has 2 fully saturated rings. The van der Waals surface area contributed by atoms with Crippen molar-refractivity contribution in [3.05, 3.63) is 0 Å². The van der Waals surface area contributed by atoms with E-state index in [9.17, 15) is 5.11 Å². The molecule has 108 valence electrons. The van der Waals surface area contributed by atoms with Crippen LogP contribution in [0.15, 0.2) is 0 Å². The van der Waals surface area contributed by atoms with Gasteiger partial charge in [-0.3, -0.25) is 0 Å². The molecule has 0 unspecified atom stereocenters. The van der Waals surface area contributed by atoms with E-state index in [0.29, 0.717) is 6.61 Å². The Morgan fingerprint density at radius 3 is 2.42 bits per heavy atom. The van der Waals surface area contributed by atoms with Crippen LogP contribution in [0, 0.1) is 0 Å². The van der Waals surface area contributed by atoms with Gasteiger partial charge in [0, 0.05) is 6.00 Å². The molecule has 0 aromatic rings. The third kappa shape index (κ3) is 2.31. The summed E-state index contributed by atoms with van der Waals surface area (Å²) in [4.78, 5) is 0. The maximum absolute atomic E-state index is 10.1. The quantitative estimate of drug-likeness (QED) is 0.796. The summed E-state index contributed by atoms with van der Waals surface area (Å²) in [5, 5.41) is 10.2. The van der Waals surface area contributed by atoms with Crippen LogP contribution in [0.3, 0.4) is 0 Å². The summed E-state index contributed by atoms with van der Waals surface area (Å²) in [5.41, 5.74) is -0.806. The van der Waals surface area contributed by atoms with Crippen LogP contribution in [0.4, 0.5) is 0 Å². The van der Waals surface area contributed by atoms with E-state index >= 15 is 0 Å². The smallest absolute Gasteiger partial charge is 0.192 e. The third-order valence-corrected chi connectivity index (χ3v) is 9.35. The SMILES string of the molecule is [B][C@@H]1O[C@@]2([C@H](C)O)CO[C@@H]1[C@H]2O[Si](C)(C)C(C)(C)C. The van der Waals surface area contributed by atoms with Crippen molar-refractivity contribution in [1.29, 1.82) is 0 Å². The second-order valence-corrected chi connectivity index (χ2v) is 12.0. The highest BCUT2D eigenvalue weighted by Gasteiger charge is 2.64. The van der Waals surface area contributed by atoms with Gasteiger partial charge in [0.15, 0.2) is 8.32 Å². The molecule has 0 aliphatic carbocycles. The van der Waals surface area contributed by atoms with Crippen molar-refractivity contribution in [1.82, 2.24) is 0 Å². The first-order valence-electron chi connectivity index (χ1n) is 6.92. The fourth-order valence-corrected chi connectivity index (χ4v) is 3.80. The lowest BCUT2D eigenvalue weighted by Gasteiger charge is -2.41. The minimum Gasteiger partial charge on any atom is -0.408 e. The van der Waals surface area contributed by atoms with Crippen LogP contribution in [-0.2, 0) is 13.9 Å². The van der Waals surface area contributed by atoms with E-state index in [1.165, 1.54) is 0 Å². The Morgan fingerprint density at radius 2 is 2.00 bits per heavy atom. The van der Waals surface area contributed by atoms with Gasteiger partial charge in [-0.1, -0.05) is 20.8 Å². The summed E-state index contributed by atoms with van der Waals surface area (Å²) in [6.07, 6.45) is -1.21. The van der Waals surface area contributed by atoms with E-state index in [1.807, 2.05) is 0 Å². The van der Waals surface area contributed by atoms with E-state index in [1.54, 1.807) is 6.92 Å². The van der Waals surface area contributed by atoms with Gasteiger partial charge in [0.1, 0.15) is 25.7 Å². The molecule has 2 rings (SSSR count). The van der Waals surface area contributed by atoms with Crippen molar-refractivity contribution in [3.8, 4) is 0 Å². The Kier molecular flexibility index (Phi) is 3.72. The van der Waals surface area contributed by atoms with Crippen LogP contribution in [0.25, 0.3) is 0 Å². The van der Waals surface area contributed by atoms with Crippen LogP contribution in [-0.4, -0.2) is 57.8 Å². The van der Waals surface area contributed by atoms with Gasteiger partial charge in [0.2, 0.25) is 0 Å². The molecule has 0 saturated carbocycles. The first-order chi connectivity index (χ1) is 8.51. The largest absolute Gasteiger partial charge is 0.408 e. The molecule has 0 amide bonds. The molecular formula is C13H25BO4Si. The highest BCUT2D eigenvalue weighted by Crippen LogP contribution is 2.47. The Bertz CT molecular complexity index is 355. The standard InChI is InChI=1S/C13H25BO4Si/c1-8(15)13-7-16-9(11(14)17-13)10(13)18-19(5,6)12(2,3)4/h8-11,15H,7H2,1-6H3/t8-,9+,10+,11+,13+/m0/s1. The van der Waals surface area contributed by atoms with Gasteiger partial charge in [-0.25, -0.2) is 0 Å². The lowest BCUT2D eigenvalue weighted by atomic mass is 9.90. The number of rotatable bonds is 3. The molecule has 2 saturated heterocycles. The lowest BCUT2D eigenvalue weighted by Crippen LogP contribution is -2.55. The van der Waals surface area contributed by atoms with Gasteiger partial charge >= 0.3 is 0 Å². The molecule has 2 aliphatic heterocycles. The van der Waals surface area contributed by atoms with E-state index in [0.717, 1.165) is 0 Å². The molecule has 4 nitrogen and oxygen atoms in total. The second kappa shape index (κ2) is 4.56. The summed E-state index contributed by atoms with van der Waals surface area (Å²) < 4.78 is 17.9. The number of aliphatic hydroxyl groups is 1. The van der Waals surface area contributed by atoms with Crippen molar-refractivity contribution in [2.45, 2.75) is 75.7 Å². The maximum Gasteiger partial charge on any atom is 0.192 e. The number of aliphatic hydroxyl groups excluding tert-OH is 1. The highest BCUT2D eigenvalue weighted by atomic mass is 28.4. The molecule has 0 aromatic heterocycles. The highest BCUT2D eigenvalue weighted by molar-refractivity contribution is 6.74. The average Bonchev–Trinajstić information content (AvgIpc) is 2.68. The molecule has 19 heavy (non-hydrogen) atoms. The Labute approximate surface area is 118 Å². The summed E-state index contributed by atoms with van der Waals surface area (Å²) in [6, 6.07) is -0.516. The van der Waals surface area contributed by atoms with Crippen molar-refractivity contribution >= 4 is 16.2 Å². The molecule has 2 aliphatic rings. The van der Waals surface area contributed by atoms with Gasteiger partial charge in [0.05, 0.1) is 12.7 Å². The Morgan fingerprint density at radius 1 is 1.42 bits per heavy atom. The third-order valence-electron chi connectivity index (χ3n) is 4.90. The fraction of sp³-hybridized carbons (Fsp3) is 1.00. The van der Waals surface area contributed by atoms with E-state index in [4.69, 9.17) is 21.7 Å².